The van der Waals surface area contributed by atoms with Gasteiger partial charge in [0.05, 0.1) is 0 Å². The average Bonchev–Trinajstić information content (AvgIpc) is 0.731. The van der Waals surface area contributed by atoms with E-state index in [-0.39, 0.29) is 43.3 Å². The SMILES string of the molecule is CC.CC.CC.CC.CC(C)(C)c1c2ccccc2c(C(C)(C)C)c2ccccc12.CC(C)(C)c1c2ccccc2cc2c(C(C)(C)C)c3cc4ccccc4cc3cc12.CC(C)(C)c1cc2cccc(C(C)(C)C)c2c2ccccc12.CC(C)(C)c1cccc2c(C(C)(C)C)c3ccccc3cc12. The molecule has 0 aromatic heterocycles. The molecule has 0 radical (unpaired) electrons. The third kappa shape index (κ3) is 17.6. The topological polar surface area (TPSA) is 0 Å². The van der Waals surface area contributed by atoms with Gasteiger partial charge < -0.3 is 0 Å². The van der Waals surface area contributed by atoms with Gasteiger partial charge in [0.1, 0.15) is 0 Å². The summed E-state index contributed by atoms with van der Waals surface area (Å²) >= 11 is 0. The molecule has 548 valence electrons. The van der Waals surface area contributed by atoms with Gasteiger partial charge in [-0.15, -0.1) is 0 Å². The van der Waals surface area contributed by atoms with Crippen molar-refractivity contribution in [1.82, 2.24) is 0 Å². The van der Waals surface area contributed by atoms with Gasteiger partial charge in [0.2, 0.25) is 0 Å². The Labute approximate surface area is 631 Å². The second kappa shape index (κ2) is 32.6. The Morgan fingerprint density at radius 2 is 0.394 bits per heavy atom. The van der Waals surface area contributed by atoms with Gasteiger partial charge in [-0.3, -0.25) is 0 Å². The molecule has 0 saturated heterocycles. The first kappa shape index (κ1) is 83.0. The molecule has 0 fully saturated rings. The zero-order chi connectivity index (χ0) is 77.6. The Balaban J connectivity index is 0.000000189. The van der Waals surface area contributed by atoms with Crippen molar-refractivity contribution in [2.45, 2.75) is 265 Å². The molecule has 0 nitrogen and oxygen atoms in total. The van der Waals surface area contributed by atoms with E-state index in [1.165, 1.54) is 152 Å². The lowest BCUT2D eigenvalue weighted by Gasteiger charge is -2.30. The lowest BCUT2D eigenvalue weighted by Crippen LogP contribution is -2.17. The fourth-order valence-corrected chi connectivity index (χ4v) is 15.9. The van der Waals surface area contributed by atoms with E-state index in [0.717, 1.165) is 0 Å². The molecule has 14 aromatic carbocycles. The minimum Gasteiger partial charge on any atom is -0.0683 e. The molecule has 104 heavy (non-hydrogen) atoms. The highest BCUT2D eigenvalue weighted by Gasteiger charge is 2.30. The van der Waals surface area contributed by atoms with Crippen molar-refractivity contribution < 1.29 is 0 Å². The van der Waals surface area contributed by atoms with Crippen LogP contribution in [0.15, 0.2) is 218 Å². The maximum Gasteiger partial charge on any atom is -0.00678 e. The third-order valence-corrected chi connectivity index (χ3v) is 19.7. The van der Waals surface area contributed by atoms with E-state index < -0.39 is 0 Å². The van der Waals surface area contributed by atoms with Gasteiger partial charge in [0.15, 0.2) is 0 Å². The van der Waals surface area contributed by atoms with Gasteiger partial charge in [-0.1, -0.05) is 404 Å². The maximum absolute atomic E-state index is 2.44. The summed E-state index contributed by atoms with van der Waals surface area (Å²) in [5.41, 5.74) is 12.5. The summed E-state index contributed by atoms with van der Waals surface area (Å²) in [6.07, 6.45) is 0. The number of hydrogen-bond donors (Lipinski definition) is 0. The molecule has 0 heterocycles. The standard InChI is InChI=1S/C30H30.3C22H26.4C2H6/c1-29(2,3)27-23-14-10-9-13-21(23)17-25-26(27)18-22-15-19-11-7-8-12-20(19)16-24(22)28(25)30(4,5)6;1-21(2,3)19-15-11-7-9-13-17(15)20(22(4,5)6)18-14-10-8-12-16(18)19;1-21(2,3)18-13-9-10-15-14-19(22(4,5)6)16-11-7-8-12-17(16)20(15)18;1-21(2,3)19-13-9-12-17-18(19)14-15-10-7-8-11-16(15)20(17)22(4,5)6;4*1-2/h7-18H,1-6H3;3*7-14H,1-6H3;4*1-2H3. The quantitative estimate of drug-likeness (QED) is 0.105. The molecule has 0 saturated carbocycles. The third-order valence-electron chi connectivity index (χ3n) is 19.7. The largest absolute Gasteiger partial charge is 0.0683 e. The zero-order valence-corrected chi connectivity index (χ0v) is 70.8. The van der Waals surface area contributed by atoms with Crippen molar-refractivity contribution >= 4 is 108 Å². The van der Waals surface area contributed by atoms with Crippen LogP contribution in [0.3, 0.4) is 0 Å². The van der Waals surface area contributed by atoms with Gasteiger partial charge in [-0.05, 0) is 232 Å². The summed E-state index contributed by atoms with van der Waals surface area (Å²) in [6, 6.07) is 81.0. The Morgan fingerprint density at radius 3 is 0.788 bits per heavy atom. The predicted octanol–water partition coefficient (Wildman–Crippen LogP) is 32.8. The van der Waals surface area contributed by atoms with E-state index in [1.54, 1.807) is 0 Å². The summed E-state index contributed by atoms with van der Waals surface area (Å²) in [5.74, 6) is 0. The Morgan fingerprint density at radius 1 is 0.144 bits per heavy atom. The number of fused-ring (bicyclic) bond motifs is 11. The first-order chi connectivity index (χ1) is 48.7. The summed E-state index contributed by atoms with van der Waals surface area (Å²) < 4.78 is 0. The maximum atomic E-state index is 2.44. The summed E-state index contributed by atoms with van der Waals surface area (Å²) in [6.45, 7) is 71.6. The van der Waals surface area contributed by atoms with E-state index in [4.69, 9.17) is 0 Å². The van der Waals surface area contributed by atoms with Crippen LogP contribution >= 0.6 is 0 Å². The van der Waals surface area contributed by atoms with Crippen LogP contribution in [-0.4, -0.2) is 0 Å². The lowest BCUT2D eigenvalue weighted by atomic mass is 9.74. The second-order valence-corrected chi connectivity index (χ2v) is 35.8. The minimum atomic E-state index is 0.0395. The molecule has 14 aromatic rings. The molecule has 0 unspecified atom stereocenters. The van der Waals surface area contributed by atoms with E-state index >= 15 is 0 Å². The van der Waals surface area contributed by atoms with Crippen LogP contribution in [0.4, 0.5) is 0 Å². The van der Waals surface area contributed by atoms with Gasteiger partial charge >= 0.3 is 0 Å². The summed E-state index contributed by atoms with van der Waals surface area (Å²) in [4.78, 5) is 0. The fraction of sp³-hybridized carbons (Fsp3) is 0.385. The van der Waals surface area contributed by atoms with Gasteiger partial charge in [-0.2, -0.15) is 0 Å². The zero-order valence-electron chi connectivity index (χ0n) is 70.8. The normalized spacial score (nSPS) is 12.2. The number of rotatable bonds is 0. The smallest absolute Gasteiger partial charge is 0.00678 e. The number of benzene rings is 14. The highest BCUT2D eigenvalue weighted by molar-refractivity contribution is 6.15. The summed E-state index contributed by atoms with van der Waals surface area (Å²) in [7, 11) is 0. The van der Waals surface area contributed by atoms with E-state index in [1.807, 2.05) is 55.4 Å². The molecule has 14 rings (SSSR count). The van der Waals surface area contributed by atoms with Crippen molar-refractivity contribution in [2.75, 3.05) is 0 Å². The molecule has 0 aliphatic rings. The lowest BCUT2D eigenvalue weighted by molar-refractivity contribution is 0.593. The average molecular weight is 1380 g/mol. The van der Waals surface area contributed by atoms with Crippen LogP contribution in [0.25, 0.3) is 108 Å². The molecule has 0 bridgehead atoms. The minimum absolute atomic E-state index is 0.0395. The molecule has 0 spiro atoms. The molecule has 0 aliphatic carbocycles. The molecule has 0 heteroatoms. The Hall–Kier alpha value is -8.32. The predicted molar refractivity (Wildman–Crippen MR) is 476 cm³/mol. The van der Waals surface area contributed by atoms with Gasteiger partial charge in [0, 0.05) is 0 Å². The summed E-state index contributed by atoms with van der Waals surface area (Å²) in [5, 5.41) is 27.5. The molecule has 0 atom stereocenters. The Bertz CT molecular complexity index is 5080. The monoisotopic (exact) mass is 1380 g/mol. The van der Waals surface area contributed by atoms with Crippen LogP contribution in [0, 0.1) is 0 Å². The number of hydrogen-bond acceptors (Lipinski definition) is 0. The molecule has 0 N–H and O–H groups in total. The Kier molecular flexibility index (Phi) is 26.0. The highest BCUT2D eigenvalue weighted by atomic mass is 14.3. The van der Waals surface area contributed by atoms with Crippen LogP contribution in [0.1, 0.15) is 266 Å². The van der Waals surface area contributed by atoms with Gasteiger partial charge in [0.25, 0.3) is 0 Å². The fourth-order valence-electron chi connectivity index (χ4n) is 15.9. The molecular formula is C104H132. The van der Waals surface area contributed by atoms with E-state index in [2.05, 4.69) is 385 Å². The van der Waals surface area contributed by atoms with Crippen LogP contribution in [0.5, 0.6) is 0 Å². The van der Waals surface area contributed by atoms with Crippen molar-refractivity contribution in [3.8, 4) is 0 Å². The van der Waals surface area contributed by atoms with Crippen molar-refractivity contribution in [2.24, 2.45) is 0 Å². The first-order valence-corrected chi connectivity index (χ1v) is 39.4. The second-order valence-electron chi connectivity index (χ2n) is 35.8. The first-order valence-electron chi connectivity index (χ1n) is 39.4. The molecular weight excluding hydrogens is 1250 g/mol. The van der Waals surface area contributed by atoms with Crippen molar-refractivity contribution in [1.29, 1.82) is 0 Å². The van der Waals surface area contributed by atoms with Gasteiger partial charge in [-0.25, -0.2) is 0 Å². The van der Waals surface area contributed by atoms with Crippen LogP contribution < -0.4 is 0 Å². The van der Waals surface area contributed by atoms with E-state index in [0.29, 0.717) is 0 Å². The van der Waals surface area contributed by atoms with E-state index in [9.17, 15) is 0 Å². The van der Waals surface area contributed by atoms with Crippen LogP contribution in [-0.2, 0) is 43.3 Å². The van der Waals surface area contributed by atoms with Crippen LogP contribution in [0.2, 0.25) is 0 Å². The van der Waals surface area contributed by atoms with Crippen molar-refractivity contribution in [3.05, 3.63) is 263 Å². The molecule has 0 amide bonds. The molecule has 0 aliphatic heterocycles. The highest BCUT2D eigenvalue weighted by Crippen LogP contribution is 2.48. The van der Waals surface area contributed by atoms with Crippen molar-refractivity contribution in [3.63, 3.8) is 0 Å².